The quantitative estimate of drug-likeness (QED) is 0.770. The zero-order valence-electron chi connectivity index (χ0n) is 7.29. The summed E-state index contributed by atoms with van der Waals surface area (Å²) in [6.45, 7) is 0. The van der Waals surface area contributed by atoms with Crippen LogP contribution in [0.1, 0.15) is 5.56 Å². The van der Waals surface area contributed by atoms with Crippen molar-refractivity contribution in [3.05, 3.63) is 40.5 Å². The second-order valence-corrected chi connectivity index (χ2v) is 3.81. The van der Waals surface area contributed by atoms with Gasteiger partial charge >= 0.3 is 0 Å². The summed E-state index contributed by atoms with van der Waals surface area (Å²) in [4.78, 5) is 3.14. The van der Waals surface area contributed by atoms with Crippen molar-refractivity contribution in [1.29, 1.82) is 5.26 Å². The number of nitrogens with zero attached hydrogens (tertiary/aromatic N) is 1. The average Bonchev–Trinajstić information content (AvgIpc) is 2.57. The lowest BCUT2D eigenvalue weighted by atomic mass is 10.2. The highest BCUT2D eigenvalue weighted by molar-refractivity contribution is 9.10. The van der Waals surface area contributed by atoms with Crippen LogP contribution in [0.3, 0.4) is 0 Å². The lowest BCUT2D eigenvalue weighted by molar-refractivity contribution is 1.47. The molecular weight excluding hydrogens is 240 g/mol. The Kier molecular flexibility index (Phi) is 2.38. The lowest BCUT2D eigenvalue weighted by Gasteiger charge is -1.92. The monoisotopic (exact) mass is 246 g/mol. The number of nitriles is 1. The molecule has 2 aromatic rings. The maximum absolute atomic E-state index is 8.44. The molecule has 3 heteroatoms. The second kappa shape index (κ2) is 3.69. The molecule has 0 unspecified atom stereocenters. The fourth-order valence-corrected chi connectivity index (χ4v) is 1.74. The first kappa shape index (κ1) is 9.04. The molecule has 2 rings (SSSR count). The summed E-state index contributed by atoms with van der Waals surface area (Å²) in [7, 11) is 0. The van der Waals surface area contributed by atoms with Crippen molar-refractivity contribution in [3.63, 3.8) is 0 Å². The Morgan fingerprint density at radius 2 is 2.29 bits per heavy atom. The minimum atomic E-state index is 1.03. The summed E-state index contributed by atoms with van der Waals surface area (Å²) < 4.78 is 1.04. The molecule has 1 N–H and O–H groups in total. The number of aromatic amines is 1. The Hall–Kier alpha value is -1.53. The maximum Gasteiger partial charge on any atom is 0.0912 e. The number of hydrogen-bond acceptors (Lipinski definition) is 1. The summed E-state index contributed by atoms with van der Waals surface area (Å²) in [5.74, 6) is 0. The van der Waals surface area contributed by atoms with Gasteiger partial charge in [-0.25, -0.2) is 0 Å². The van der Waals surface area contributed by atoms with Gasteiger partial charge in [0.05, 0.1) is 6.07 Å². The van der Waals surface area contributed by atoms with Crippen molar-refractivity contribution in [2.24, 2.45) is 0 Å². The molecule has 0 aliphatic rings. The van der Waals surface area contributed by atoms with E-state index in [1.54, 1.807) is 6.08 Å². The average molecular weight is 247 g/mol. The molecule has 0 aliphatic carbocycles. The molecule has 1 aromatic carbocycles. The number of H-pyrrole nitrogens is 1. The molecule has 0 amide bonds. The molecule has 0 saturated heterocycles. The number of fused-ring (bicyclic) bond motifs is 1. The Morgan fingerprint density at radius 1 is 1.43 bits per heavy atom. The minimum Gasteiger partial charge on any atom is -0.361 e. The van der Waals surface area contributed by atoms with Crippen molar-refractivity contribution in [2.75, 3.05) is 0 Å². The van der Waals surface area contributed by atoms with Crippen LogP contribution < -0.4 is 0 Å². The van der Waals surface area contributed by atoms with Crippen LogP contribution in [0.2, 0.25) is 0 Å². The molecule has 1 aromatic heterocycles. The van der Waals surface area contributed by atoms with Gasteiger partial charge in [-0.3, -0.25) is 0 Å². The Balaban J connectivity index is 2.62. The van der Waals surface area contributed by atoms with Crippen LogP contribution in [0.15, 0.2) is 34.9 Å². The Labute approximate surface area is 90.0 Å². The number of halogens is 1. The number of aromatic nitrogens is 1. The van der Waals surface area contributed by atoms with Gasteiger partial charge in [-0.2, -0.15) is 5.26 Å². The molecule has 1 heterocycles. The van der Waals surface area contributed by atoms with E-state index in [1.165, 1.54) is 6.08 Å². The molecule has 2 nitrogen and oxygen atoms in total. The van der Waals surface area contributed by atoms with Crippen molar-refractivity contribution >= 4 is 32.9 Å². The van der Waals surface area contributed by atoms with Gasteiger partial charge < -0.3 is 4.98 Å². The smallest absolute Gasteiger partial charge is 0.0912 e. The van der Waals surface area contributed by atoms with Crippen LogP contribution in [0.5, 0.6) is 0 Å². The predicted molar refractivity (Wildman–Crippen MR) is 60.6 cm³/mol. The summed E-state index contributed by atoms with van der Waals surface area (Å²) in [5, 5.41) is 9.55. The van der Waals surface area contributed by atoms with Gasteiger partial charge in [-0.15, -0.1) is 0 Å². The first-order valence-electron chi connectivity index (χ1n) is 4.14. The standard InChI is InChI=1S/C11H7BrN2/c12-9-3-4-11-10(6-9)8(7-14-11)2-1-5-13/h1-4,6-7,14H/b2-1+. The molecule has 0 radical (unpaired) electrons. The molecular formula is C11H7BrN2. The van der Waals surface area contributed by atoms with Crippen molar-refractivity contribution in [3.8, 4) is 6.07 Å². The van der Waals surface area contributed by atoms with Gasteiger partial charge in [0.1, 0.15) is 0 Å². The number of nitrogens with one attached hydrogen (secondary N) is 1. The first-order valence-corrected chi connectivity index (χ1v) is 4.93. The third-order valence-electron chi connectivity index (χ3n) is 2.01. The first-order chi connectivity index (χ1) is 6.81. The van der Waals surface area contributed by atoms with E-state index in [0.29, 0.717) is 0 Å². The van der Waals surface area contributed by atoms with Gasteiger partial charge in [0.2, 0.25) is 0 Å². The fraction of sp³-hybridized carbons (Fsp3) is 0. The molecule has 0 fully saturated rings. The Morgan fingerprint density at radius 3 is 3.07 bits per heavy atom. The molecule has 0 atom stereocenters. The van der Waals surface area contributed by atoms with E-state index in [4.69, 9.17) is 5.26 Å². The van der Waals surface area contributed by atoms with E-state index in [9.17, 15) is 0 Å². The Bertz CT molecular complexity index is 532. The summed E-state index contributed by atoms with van der Waals surface area (Å²) in [6.07, 6.45) is 5.17. The third-order valence-corrected chi connectivity index (χ3v) is 2.51. The zero-order chi connectivity index (χ0) is 9.97. The van der Waals surface area contributed by atoms with Gasteiger partial charge in [0.25, 0.3) is 0 Å². The van der Waals surface area contributed by atoms with E-state index >= 15 is 0 Å². The van der Waals surface area contributed by atoms with E-state index in [0.717, 1.165) is 20.9 Å². The van der Waals surface area contributed by atoms with Crippen molar-refractivity contribution in [2.45, 2.75) is 0 Å². The zero-order valence-corrected chi connectivity index (χ0v) is 8.88. The minimum absolute atomic E-state index is 1.03. The SMILES string of the molecule is N#C/C=C/c1c[nH]c2ccc(Br)cc12. The summed E-state index contributed by atoms with van der Waals surface area (Å²) >= 11 is 3.42. The molecule has 0 saturated carbocycles. The number of rotatable bonds is 1. The highest BCUT2D eigenvalue weighted by atomic mass is 79.9. The van der Waals surface area contributed by atoms with Crippen LogP contribution >= 0.6 is 15.9 Å². The van der Waals surface area contributed by atoms with Gasteiger partial charge in [0.15, 0.2) is 0 Å². The fourth-order valence-electron chi connectivity index (χ4n) is 1.38. The normalized spacial score (nSPS) is 10.9. The lowest BCUT2D eigenvalue weighted by Crippen LogP contribution is -1.69. The molecule has 0 spiro atoms. The second-order valence-electron chi connectivity index (χ2n) is 2.90. The van der Waals surface area contributed by atoms with Crippen LogP contribution in [-0.4, -0.2) is 4.98 Å². The summed E-state index contributed by atoms with van der Waals surface area (Å²) in [5.41, 5.74) is 2.11. The predicted octanol–water partition coefficient (Wildman–Crippen LogP) is 3.47. The van der Waals surface area contributed by atoms with E-state index in [-0.39, 0.29) is 0 Å². The number of benzene rings is 1. The van der Waals surface area contributed by atoms with Gasteiger partial charge in [-0.1, -0.05) is 15.9 Å². The summed E-state index contributed by atoms with van der Waals surface area (Å²) in [6, 6.07) is 8.00. The topological polar surface area (TPSA) is 39.6 Å². The van der Waals surface area contributed by atoms with Crippen LogP contribution in [0.25, 0.3) is 17.0 Å². The highest BCUT2D eigenvalue weighted by Crippen LogP contribution is 2.23. The number of allylic oxidation sites excluding steroid dienone is 1. The third kappa shape index (κ3) is 1.57. The van der Waals surface area contributed by atoms with Crippen molar-refractivity contribution in [1.82, 2.24) is 4.98 Å². The van der Waals surface area contributed by atoms with Crippen LogP contribution in [0, 0.1) is 11.3 Å². The van der Waals surface area contributed by atoms with Crippen LogP contribution in [-0.2, 0) is 0 Å². The van der Waals surface area contributed by atoms with Gasteiger partial charge in [-0.05, 0) is 24.3 Å². The molecule has 0 aliphatic heterocycles. The van der Waals surface area contributed by atoms with E-state index < -0.39 is 0 Å². The van der Waals surface area contributed by atoms with Crippen molar-refractivity contribution < 1.29 is 0 Å². The largest absolute Gasteiger partial charge is 0.361 e. The van der Waals surface area contributed by atoms with E-state index in [2.05, 4.69) is 20.9 Å². The maximum atomic E-state index is 8.44. The molecule has 14 heavy (non-hydrogen) atoms. The molecule has 0 bridgehead atoms. The molecule has 68 valence electrons. The van der Waals surface area contributed by atoms with E-state index in [1.807, 2.05) is 30.5 Å². The van der Waals surface area contributed by atoms with Crippen LogP contribution in [0.4, 0.5) is 0 Å². The number of hydrogen-bond donors (Lipinski definition) is 1. The highest BCUT2D eigenvalue weighted by Gasteiger charge is 2.00. The van der Waals surface area contributed by atoms with Gasteiger partial charge in [0, 0.05) is 33.2 Å².